The summed E-state index contributed by atoms with van der Waals surface area (Å²) < 4.78 is 5.21. The summed E-state index contributed by atoms with van der Waals surface area (Å²) in [4.78, 5) is 4.86. The van der Waals surface area contributed by atoms with E-state index in [2.05, 4.69) is 22.2 Å². The highest BCUT2D eigenvalue weighted by Crippen LogP contribution is 2.27. The van der Waals surface area contributed by atoms with Gasteiger partial charge < -0.3 is 15.0 Å². The number of rotatable bonds is 5. The summed E-state index contributed by atoms with van der Waals surface area (Å²) in [7, 11) is 3.81. The lowest BCUT2D eigenvalue weighted by Crippen LogP contribution is -2.45. The lowest BCUT2D eigenvalue weighted by Gasteiger charge is -2.32. The molecule has 1 aromatic rings. The van der Waals surface area contributed by atoms with Crippen LogP contribution >= 0.6 is 11.6 Å². The van der Waals surface area contributed by atoms with Gasteiger partial charge in [-0.3, -0.25) is 4.90 Å². The number of ether oxygens (including phenoxy) is 1. The molecule has 0 spiro atoms. The van der Waals surface area contributed by atoms with Crippen LogP contribution in [0.3, 0.4) is 0 Å². The minimum Gasteiger partial charge on any atom is -0.495 e. The summed E-state index contributed by atoms with van der Waals surface area (Å²) >= 11 is 6.00. The Hall–Kier alpha value is -0.970. The molecule has 0 atom stereocenters. The second kappa shape index (κ2) is 6.98. The Labute approximate surface area is 120 Å². The monoisotopic (exact) mass is 283 g/mol. The van der Waals surface area contributed by atoms with Gasteiger partial charge in [0.1, 0.15) is 5.75 Å². The van der Waals surface area contributed by atoms with Crippen LogP contribution in [0, 0.1) is 0 Å². The van der Waals surface area contributed by atoms with E-state index in [4.69, 9.17) is 16.3 Å². The summed E-state index contributed by atoms with van der Waals surface area (Å²) in [5.41, 5.74) is 1.05. The zero-order valence-electron chi connectivity index (χ0n) is 11.7. The number of hydrogen-bond acceptors (Lipinski definition) is 4. The molecule has 0 aliphatic carbocycles. The third-order valence-corrected chi connectivity index (χ3v) is 3.82. The molecule has 1 saturated heterocycles. The van der Waals surface area contributed by atoms with Gasteiger partial charge in [-0.2, -0.15) is 0 Å². The first-order valence-corrected chi connectivity index (χ1v) is 7.05. The summed E-state index contributed by atoms with van der Waals surface area (Å²) in [6.45, 7) is 6.64. The third-order valence-electron chi connectivity index (χ3n) is 3.50. The van der Waals surface area contributed by atoms with E-state index in [0.717, 1.165) is 45.0 Å². The molecule has 1 fully saturated rings. The van der Waals surface area contributed by atoms with Crippen LogP contribution in [-0.4, -0.2) is 63.2 Å². The molecule has 0 bridgehead atoms. The third kappa shape index (κ3) is 4.27. The SMILES string of the molecule is COc1cc(NCCN2CCN(C)CC2)ccc1Cl. The zero-order chi connectivity index (χ0) is 13.7. The van der Waals surface area contributed by atoms with E-state index in [1.54, 1.807) is 7.11 Å². The molecule has 0 aromatic heterocycles. The zero-order valence-corrected chi connectivity index (χ0v) is 12.4. The second-order valence-corrected chi connectivity index (χ2v) is 5.33. The van der Waals surface area contributed by atoms with Crippen molar-refractivity contribution < 1.29 is 4.74 Å². The van der Waals surface area contributed by atoms with E-state index in [9.17, 15) is 0 Å². The Morgan fingerprint density at radius 2 is 2.00 bits per heavy atom. The van der Waals surface area contributed by atoms with E-state index in [1.165, 1.54) is 0 Å². The smallest absolute Gasteiger partial charge is 0.139 e. The van der Waals surface area contributed by atoms with Crippen molar-refractivity contribution in [2.75, 3.05) is 58.7 Å². The minimum atomic E-state index is 0.645. The molecule has 1 aromatic carbocycles. The highest BCUT2D eigenvalue weighted by Gasteiger charge is 2.12. The fourth-order valence-corrected chi connectivity index (χ4v) is 2.39. The van der Waals surface area contributed by atoms with Gasteiger partial charge in [-0.15, -0.1) is 0 Å². The number of halogens is 1. The molecular formula is C14H22ClN3O. The summed E-state index contributed by atoms with van der Waals surface area (Å²) in [6, 6.07) is 5.78. The van der Waals surface area contributed by atoms with E-state index in [-0.39, 0.29) is 0 Å². The first-order valence-electron chi connectivity index (χ1n) is 6.67. The van der Waals surface area contributed by atoms with Gasteiger partial charge in [0.05, 0.1) is 12.1 Å². The molecule has 0 saturated carbocycles. The van der Waals surface area contributed by atoms with Gasteiger partial charge in [-0.05, 0) is 19.2 Å². The van der Waals surface area contributed by atoms with Gasteiger partial charge in [-0.1, -0.05) is 11.6 Å². The number of nitrogens with zero attached hydrogens (tertiary/aromatic N) is 2. The van der Waals surface area contributed by atoms with Crippen molar-refractivity contribution in [2.45, 2.75) is 0 Å². The minimum absolute atomic E-state index is 0.645. The quantitative estimate of drug-likeness (QED) is 0.895. The van der Waals surface area contributed by atoms with Crippen LogP contribution in [0.25, 0.3) is 0 Å². The highest BCUT2D eigenvalue weighted by molar-refractivity contribution is 6.32. The van der Waals surface area contributed by atoms with Gasteiger partial charge in [-0.25, -0.2) is 0 Å². The fraction of sp³-hybridized carbons (Fsp3) is 0.571. The second-order valence-electron chi connectivity index (χ2n) is 4.92. The first-order chi connectivity index (χ1) is 9.19. The summed E-state index contributed by atoms with van der Waals surface area (Å²) in [5.74, 6) is 0.714. The van der Waals surface area contributed by atoms with Crippen molar-refractivity contribution in [3.63, 3.8) is 0 Å². The molecule has 0 unspecified atom stereocenters. The number of anilines is 1. The topological polar surface area (TPSA) is 27.7 Å². The predicted molar refractivity (Wildman–Crippen MR) is 80.4 cm³/mol. The number of nitrogens with one attached hydrogen (secondary N) is 1. The highest BCUT2D eigenvalue weighted by atomic mass is 35.5. The normalized spacial score (nSPS) is 17.4. The Bertz CT molecular complexity index is 406. The number of piperazine rings is 1. The van der Waals surface area contributed by atoms with E-state index < -0.39 is 0 Å². The predicted octanol–water partition coefficient (Wildman–Crippen LogP) is 2.01. The van der Waals surface area contributed by atoms with Crippen molar-refractivity contribution in [3.8, 4) is 5.75 Å². The van der Waals surface area contributed by atoms with E-state index >= 15 is 0 Å². The molecule has 4 nitrogen and oxygen atoms in total. The maximum Gasteiger partial charge on any atom is 0.139 e. The molecule has 5 heteroatoms. The Morgan fingerprint density at radius 3 is 2.68 bits per heavy atom. The van der Waals surface area contributed by atoms with Gasteiger partial charge >= 0.3 is 0 Å². The maximum absolute atomic E-state index is 6.00. The van der Waals surface area contributed by atoms with Crippen molar-refractivity contribution in [1.82, 2.24) is 9.80 Å². The molecule has 106 valence electrons. The van der Waals surface area contributed by atoms with Gasteiger partial charge in [0.25, 0.3) is 0 Å². The maximum atomic E-state index is 6.00. The number of hydrogen-bond donors (Lipinski definition) is 1. The molecule has 1 N–H and O–H groups in total. The molecule has 1 heterocycles. The van der Waals surface area contributed by atoms with Crippen molar-refractivity contribution in [2.24, 2.45) is 0 Å². The van der Waals surface area contributed by atoms with Gasteiger partial charge in [0.15, 0.2) is 0 Å². The molecule has 0 amide bonds. The summed E-state index contributed by atoms with van der Waals surface area (Å²) in [5, 5.41) is 4.06. The van der Waals surface area contributed by atoms with Gasteiger partial charge in [0, 0.05) is 51.0 Å². The standard InChI is InChI=1S/C14H22ClN3O/c1-17-7-9-18(10-8-17)6-5-16-12-3-4-13(15)14(11-12)19-2/h3-4,11,16H,5-10H2,1-2H3. The average molecular weight is 284 g/mol. The van der Waals surface area contributed by atoms with Crippen molar-refractivity contribution in [3.05, 3.63) is 23.2 Å². The molecule has 2 rings (SSSR count). The number of methoxy groups -OCH3 is 1. The van der Waals surface area contributed by atoms with Crippen LogP contribution < -0.4 is 10.1 Å². The molecule has 1 aliphatic heterocycles. The molecular weight excluding hydrogens is 262 g/mol. The fourth-order valence-electron chi connectivity index (χ4n) is 2.20. The van der Waals surface area contributed by atoms with Gasteiger partial charge in [0.2, 0.25) is 0 Å². The number of likely N-dealkylation sites (N-methyl/N-ethyl adjacent to an activating group) is 1. The van der Waals surface area contributed by atoms with Crippen LogP contribution in [0.5, 0.6) is 5.75 Å². The first kappa shape index (κ1) is 14.4. The number of benzene rings is 1. The van der Waals surface area contributed by atoms with E-state index in [0.29, 0.717) is 10.8 Å². The largest absolute Gasteiger partial charge is 0.495 e. The van der Waals surface area contributed by atoms with Crippen LogP contribution in [0.15, 0.2) is 18.2 Å². The Kier molecular flexibility index (Phi) is 5.31. The van der Waals surface area contributed by atoms with Crippen LogP contribution in [0.4, 0.5) is 5.69 Å². The van der Waals surface area contributed by atoms with Crippen molar-refractivity contribution >= 4 is 17.3 Å². The lowest BCUT2D eigenvalue weighted by atomic mass is 10.3. The lowest BCUT2D eigenvalue weighted by molar-refractivity contribution is 0.158. The molecule has 1 aliphatic rings. The molecule has 19 heavy (non-hydrogen) atoms. The van der Waals surface area contributed by atoms with E-state index in [1.807, 2.05) is 18.2 Å². The Morgan fingerprint density at radius 1 is 1.26 bits per heavy atom. The molecule has 0 radical (unpaired) electrons. The average Bonchev–Trinajstić information content (AvgIpc) is 2.43. The van der Waals surface area contributed by atoms with Crippen LogP contribution in [0.2, 0.25) is 5.02 Å². The summed E-state index contributed by atoms with van der Waals surface area (Å²) in [6.07, 6.45) is 0. The van der Waals surface area contributed by atoms with Crippen LogP contribution in [0.1, 0.15) is 0 Å². The van der Waals surface area contributed by atoms with Crippen LogP contribution in [-0.2, 0) is 0 Å². The van der Waals surface area contributed by atoms with Crippen molar-refractivity contribution in [1.29, 1.82) is 0 Å². The Balaban J connectivity index is 1.76.